The van der Waals surface area contributed by atoms with Crippen LogP contribution in [0.3, 0.4) is 0 Å². The Balaban J connectivity index is 1.61. The van der Waals surface area contributed by atoms with Crippen LogP contribution in [-0.2, 0) is 21.5 Å². The summed E-state index contributed by atoms with van der Waals surface area (Å²) in [4.78, 5) is 18.2. The van der Waals surface area contributed by atoms with Crippen molar-refractivity contribution in [3.8, 4) is 0 Å². The first-order valence-electron chi connectivity index (χ1n) is 9.99. The van der Waals surface area contributed by atoms with Gasteiger partial charge in [-0.3, -0.25) is 4.79 Å². The molecule has 1 aliphatic rings. The molecule has 4 rings (SSSR count). The van der Waals surface area contributed by atoms with Crippen molar-refractivity contribution in [2.45, 2.75) is 44.7 Å². The van der Waals surface area contributed by atoms with Crippen LogP contribution in [0, 0.1) is 0 Å². The van der Waals surface area contributed by atoms with Crippen LogP contribution in [0.5, 0.6) is 0 Å². The van der Waals surface area contributed by atoms with E-state index in [0.717, 1.165) is 22.4 Å². The van der Waals surface area contributed by atoms with E-state index < -0.39 is 5.41 Å². The summed E-state index contributed by atoms with van der Waals surface area (Å²) in [6, 6.07) is 18.5. The van der Waals surface area contributed by atoms with Gasteiger partial charge in [-0.05, 0) is 44.4 Å². The van der Waals surface area contributed by atoms with Gasteiger partial charge in [0.25, 0.3) is 0 Å². The first kappa shape index (κ1) is 18.7. The molecule has 146 valence electrons. The van der Waals surface area contributed by atoms with E-state index in [1.165, 1.54) is 0 Å². The number of aromatic nitrogens is 2. The fraction of sp³-hybridized carbons (Fsp3) is 0.391. The Morgan fingerprint density at radius 3 is 2.50 bits per heavy atom. The Hall–Kier alpha value is -2.66. The van der Waals surface area contributed by atoms with E-state index >= 15 is 0 Å². The third-order valence-corrected chi connectivity index (χ3v) is 5.70. The number of amides is 1. The average molecular weight is 377 g/mol. The number of hydrogen-bond acceptors (Lipinski definition) is 3. The molecule has 28 heavy (non-hydrogen) atoms. The summed E-state index contributed by atoms with van der Waals surface area (Å²) >= 11 is 0. The number of carbonyl (C=O) groups excluding carboxylic acids is 1. The maximum Gasteiger partial charge on any atom is 0.231 e. The van der Waals surface area contributed by atoms with E-state index in [4.69, 9.17) is 9.72 Å². The molecule has 3 aromatic rings. The number of rotatable bonds is 5. The highest BCUT2D eigenvalue weighted by Crippen LogP contribution is 2.35. The molecule has 2 heterocycles. The minimum Gasteiger partial charge on any atom is -0.381 e. The van der Waals surface area contributed by atoms with E-state index in [9.17, 15) is 4.79 Å². The number of carbonyl (C=O) groups is 1. The molecule has 0 unspecified atom stereocenters. The van der Waals surface area contributed by atoms with Crippen molar-refractivity contribution in [2.75, 3.05) is 13.2 Å². The molecular weight excluding hydrogens is 350 g/mol. The van der Waals surface area contributed by atoms with Crippen molar-refractivity contribution < 1.29 is 9.53 Å². The molecule has 0 spiro atoms. The van der Waals surface area contributed by atoms with Crippen molar-refractivity contribution in [3.05, 3.63) is 66.0 Å². The lowest BCUT2D eigenvalue weighted by molar-refractivity contribution is -0.130. The van der Waals surface area contributed by atoms with Gasteiger partial charge in [-0.1, -0.05) is 42.5 Å². The maximum absolute atomic E-state index is 13.4. The fourth-order valence-corrected chi connectivity index (χ4v) is 4.25. The summed E-state index contributed by atoms with van der Waals surface area (Å²) in [5.74, 6) is 0.948. The van der Waals surface area contributed by atoms with Gasteiger partial charge in [-0.25, -0.2) is 4.98 Å². The molecule has 1 aromatic heterocycles. The molecule has 0 radical (unpaired) electrons. The molecular formula is C23H27N3O2. The normalized spacial score (nSPS) is 16.4. The Morgan fingerprint density at radius 1 is 1.11 bits per heavy atom. The summed E-state index contributed by atoms with van der Waals surface area (Å²) in [6.45, 7) is 5.91. The molecule has 1 fully saturated rings. The van der Waals surface area contributed by atoms with Gasteiger partial charge in [0, 0.05) is 19.3 Å². The number of nitrogens with zero attached hydrogens (tertiary/aromatic N) is 2. The molecule has 1 amide bonds. The van der Waals surface area contributed by atoms with Crippen LogP contribution in [0.1, 0.15) is 44.1 Å². The van der Waals surface area contributed by atoms with Gasteiger partial charge in [0.05, 0.1) is 23.0 Å². The Kier molecular flexibility index (Phi) is 5.18. The van der Waals surface area contributed by atoms with E-state index in [2.05, 4.69) is 29.8 Å². The predicted molar refractivity (Wildman–Crippen MR) is 110 cm³/mol. The van der Waals surface area contributed by atoms with Crippen molar-refractivity contribution in [1.29, 1.82) is 0 Å². The molecule has 0 aliphatic carbocycles. The zero-order valence-corrected chi connectivity index (χ0v) is 16.5. The van der Waals surface area contributed by atoms with Crippen LogP contribution < -0.4 is 5.32 Å². The second-order valence-electron chi connectivity index (χ2n) is 7.72. The SMILES string of the molecule is CC(C)n1c(CNC(=O)C2(c3ccccc3)CCOCC2)nc2ccccc21. The molecule has 0 atom stereocenters. The smallest absolute Gasteiger partial charge is 0.231 e. The number of hydrogen-bond donors (Lipinski definition) is 1. The maximum atomic E-state index is 13.4. The third kappa shape index (κ3) is 3.31. The largest absolute Gasteiger partial charge is 0.381 e. The quantitative estimate of drug-likeness (QED) is 0.732. The van der Waals surface area contributed by atoms with Crippen molar-refractivity contribution in [3.63, 3.8) is 0 Å². The second kappa shape index (κ2) is 7.76. The van der Waals surface area contributed by atoms with E-state index in [1.807, 2.05) is 48.5 Å². The van der Waals surface area contributed by atoms with E-state index in [1.54, 1.807) is 0 Å². The molecule has 2 aromatic carbocycles. The second-order valence-corrected chi connectivity index (χ2v) is 7.72. The van der Waals surface area contributed by atoms with Gasteiger partial charge in [0.2, 0.25) is 5.91 Å². The number of ether oxygens (including phenoxy) is 1. The van der Waals surface area contributed by atoms with Crippen LogP contribution in [-0.4, -0.2) is 28.7 Å². The number of para-hydroxylation sites is 2. The first-order chi connectivity index (χ1) is 13.6. The third-order valence-electron chi connectivity index (χ3n) is 5.70. The number of benzene rings is 2. The molecule has 0 bridgehead atoms. The predicted octanol–water partition coefficient (Wildman–Crippen LogP) is 3.98. The Morgan fingerprint density at radius 2 is 1.79 bits per heavy atom. The van der Waals surface area contributed by atoms with Gasteiger partial charge in [0.1, 0.15) is 5.82 Å². The first-order valence-corrected chi connectivity index (χ1v) is 9.99. The molecule has 1 N–H and O–H groups in total. The van der Waals surface area contributed by atoms with E-state index in [-0.39, 0.29) is 11.9 Å². The topological polar surface area (TPSA) is 56.2 Å². The minimum absolute atomic E-state index is 0.0596. The lowest BCUT2D eigenvalue weighted by Crippen LogP contribution is -2.48. The van der Waals surface area contributed by atoms with Gasteiger partial charge in [0.15, 0.2) is 0 Å². The van der Waals surface area contributed by atoms with Crippen molar-refractivity contribution in [1.82, 2.24) is 14.9 Å². The summed E-state index contributed by atoms with van der Waals surface area (Å²) in [5, 5.41) is 3.19. The summed E-state index contributed by atoms with van der Waals surface area (Å²) in [6.07, 6.45) is 1.40. The van der Waals surface area contributed by atoms with E-state index in [0.29, 0.717) is 32.6 Å². The zero-order chi connectivity index (χ0) is 19.6. The zero-order valence-electron chi connectivity index (χ0n) is 16.5. The molecule has 1 saturated heterocycles. The Bertz CT molecular complexity index is 956. The van der Waals surface area contributed by atoms with Crippen molar-refractivity contribution >= 4 is 16.9 Å². The van der Waals surface area contributed by atoms with Gasteiger partial charge in [-0.15, -0.1) is 0 Å². The summed E-state index contributed by atoms with van der Waals surface area (Å²) in [5.41, 5.74) is 2.59. The van der Waals surface area contributed by atoms with Crippen LogP contribution in [0.25, 0.3) is 11.0 Å². The lowest BCUT2D eigenvalue weighted by Gasteiger charge is -2.36. The van der Waals surface area contributed by atoms with Crippen LogP contribution >= 0.6 is 0 Å². The molecule has 5 nitrogen and oxygen atoms in total. The number of imidazole rings is 1. The fourth-order valence-electron chi connectivity index (χ4n) is 4.25. The standard InChI is InChI=1S/C23H27N3O2/c1-17(2)26-20-11-7-6-10-19(20)25-21(26)16-24-22(27)23(12-14-28-15-13-23)18-8-4-3-5-9-18/h3-11,17H,12-16H2,1-2H3,(H,24,27). The number of fused-ring (bicyclic) bond motifs is 1. The highest BCUT2D eigenvalue weighted by atomic mass is 16.5. The lowest BCUT2D eigenvalue weighted by atomic mass is 9.73. The molecule has 0 saturated carbocycles. The Labute approximate surface area is 165 Å². The minimum atomic E-state index is -0.534. The van der Waals surface area contributed by atoms with Crippen molar-refractivity contribution in [2.24, 2.45) is 0 Å². The van der Waals surface area contributed by atoms with Gasteiger partial charge >= 0.3 is 0 Å². The van der Waals surface area contributed by atoms with Crippen LogP contribution in [0.2, 0.25) is 0 Å². The number of nitrogens with one attached hydrogen (secondary N) is 1. The molecule has 5 heteroatoms. The highest BCUT2D eigenvalue weighted by Gasteiger charge is 2.41. The highest BCUT2D eigenvalue weighted by molar-refractivity contribution is 5.88. The van der Waals surface area contributed by atoms with Gasteiger partial charge < -0.3 is 14.6 Å². The van der Waals surface area contributed by atoms with Gasteiger partial charge in [-0.2, -0.15) is 0 Å². The molecule has 1 aliphatic heterocycles. The van der Waals surface area contributed by atoms with Crippen LogP contribution in [0.15, 0.2) is 54.6 Å². The summed E-state index contributed by atoms with van der Waals surface area (Å²) < 4.78 is 7.76. The summed E-state index contributed by atoms with van der Waals surface area (Å²) in [7, 11) is 0. The average Bonchev–Trinajstić information content (AvgIpc) is 3.11. The monoisotopic (exact) mass is 377 g/mol. The van der Waals surface area contributed by atoms with Crippen LogP contribution in [0.4, 0.5) is 0 Å².